The molecular formula is C15H27N5. The third kappa shape index (κ3) is 3.03. The van der Waals surface area contributed by atoms with E-state index in [9.17, 15) is 0 Å². The number of nitrogens with one attached hydrogen (secondary N) is 2. The Balaban J connectivity index is 2.30. The SMILES string of the molecule is Cc1c(NN)nc(C(C)(C)C)nc1NC(C)C1CCC1. The zero-order valence-electron chi connectivity index (χ0n) is 13.2. The average Bonchev–Trinajstić information content (AvgIpc) is 2.27. The topological polar surface area (TPSA) is 75.9 Å². The molecule has 0 aliphatic heterocycles. The highest BCUT2D eigenvalue weighted by molar-refractivity contribution is 5.57. The molecule has 1 aliphatic rings. The second-order valence-corrected chi connectivity index (χ2v) is 6.89. The van der Waals surface area contributed by atoms with E-state index in [1.165, 1.54) is 19.3 Å². The van der Waals surface area contributed by atoms with Crippen LogP contribution in [0.25, 0.3) is 0 Å². The van der Waals surface area contributed by atoms with E-state index in [0.717, 1.165) is 23.1 Å². The van der Waals surface area contributed by atoms with E-state index in [2.05, 4.69) is 43.4 Å². The van der Waals surface area contributed by atoms with E-state index in [1.54, 1.807) is 0 Å². The molecule has 5 heteroatoms. The minimum absolute atomic E-state index is 0.102. The summed E-state index contributed by atoms with van der Waals surface area (Å²) in [7, 11) is 0. The summed E-state index contributed by atoms with van der Waals surface area (Å²) in [6.07, 6.45) is 3.97. The number of hydrazine groups is 1. The normalized spacial score (nSPS) is 17.5. The van der Waals surface area contributed by atoms with Crippen LogP contribution in [-0.2, 0) is 5.41 Å². The fraction of sp³-hybridized carbons (Fsp3) is 0.733. The molecule has 1 aromatic rings. The third-order valence-electron chi connectivity index (χ3n) is 4.17. The highest BCUT2D eigenvalue weighted by Crippen LogP contribution is 2.32. The second-order valence-electron chi connectivity index (χ2n) is 6.89. The summed E-state index contributed by atoms with van der Waals surface area (Å²) in [5.74, 6) is 8.76. The van der Waals surface area contributed by atoms with Gasteiger partial charge in [0.25, 0.3) is 0 Å². The Morgan fingerprint density at radius 3 is 2.25 bits per heavy atom. The van der Waals surface area contributed by atoms with Gasteiger partial charge in [-0.05, 0) is 32.6 Å². The van der Waals surface area contributed by atoms with Gasteiger partial charge in [-0.3, -0.25) is 0 Å². The highest BCUT2D eigenvalue weighted by atomic mass is 15.3. The molecule has 0 spiro atoms. The lowest BCUT2D eigenvalue weighted by molar-refractivity contribution is 0.284. The van der Waals surface area contributed by atoms with Crippen LogP contribution in [0.1, 0.15) is 58.3 Å². The first-order chi connectivity index (χ1) is 9.32. The summed E-state index contributed by atoms with van der Waals surface area (Å²) < 4.78 is 0. The van der Waals surface area contributed by atoms with Gasteiger partial charge in [-0.2, -0.15) is 0 Å². The lowest BCUT2D eigenvalue weighted by Gasteiger charge is -2.33. The predicted molar refractivity (Wildman–Crippen MR) is 83.7 cm³/mol. The Morgan fingerprint density at radius 1 is 1.20 bits per heavy atom. The zero-order valence-corrected chi connectivity index (χ0v) is 13.2. The number of nitrogens with two attached hydrogens (primary N) is 1. The van der Waals surface area contributed by atoms with Gasteiger partial charge in [0.05, 0.1) is 0 Å². The molecule has 1 aromatic heterocycles. The van der Waals surface area contributed by atoms with Crippen LogP contribution >= 0.6 is 0 Å². The zero-order chi connectivity index (χ0) is 14.9. The molecule has 1 unspecified atom stereocenters. The minimum Gasteiger partial charge on any atom is -0.367 e. The fourth-order valence-electron chi connectivity index (χ4n) is 2.41. The van der Waals surface area contributed by atoms with Gasteiger partial charge in [-0.1, -0.05) is 27.2 Å². The predicted octanol–water partition coefficient (Wildman–Crippen LogP) is 2.97. The number of hydrogen-bond acceptors (Lipinski definition) is 5. The van der Waals surface area contributed by atoms with Gasteiger partial charge in [-0.15, -0.1) is 0 Å². The first-order valence-corrected chi connectivity index (χ1v) is 7.45. The van der Waals surface area contributed by atoms with Gasteiger partial charge in [-0.25, -0.2) is 15.8 Å². The molecule has 0 radical (unpaired) electrons. The molecule has 1 heterocycles. The van der Waals surface area contributed by atoms with E-state index in [4.69, 9.17) is 10.8 Å². The van der Waals surface area contributed by atoms with E-state index in [-0.39, 0.29) is 5.41 Å². The van der Waals surface area contributed by atoms with E-state index >= 15 is 0 Å². The van der Waals surface area contributed by atoms with Crippen molar-refractivity contribution in [2.24, 2.45) is 11.8 Å². The molecule has 112 valence electrons. The number of nitrogen functional groups attached to an aromatic ring is 1. The average molecular weight is 277 g/mol. The molecule has 0 saturated heterocycles. The van der Waals surface area contributed by atoms with E-state index in [0.29, 0.717) is 11.9 Å². The smallest absolute Gasteiger partial charge is 0.148 e. The number of hydrogen-bond donors (Lipinski definition) is 3. The summed E-state index contributed by atoms with van der Waals surface area (Å²) in [5.41, 5.74) is 3.56. The summed E-state index contributed by atoms with van der Waals surface area (Å²) in [4.78, 5) is 9.24. The summed E-state index contributed by atoms with van der Waals surface area (Å²) in [5, 5.41) is 3.55. The lowest BCUT2D eigenvalue weighted by atomic mass is 9.80. The fourth-order valence-corrected chi connectivity index (χ4v) is 2.41. The maximum absolute atomic E-state index is 5.59. The van der Waals surface area contributed by atoms with Crippen LogP contribution in [-0.4, -0.2) is 16.0 Å². The third-order valence-corrected chi connectivity index (χ3v) is 4.17. The summed E-state index contributed by atoms with van der Waals surface area (Å²) in [6, 6.07) is 0.441. The monoisotopic (exact) mass is 277 g/mol. The second kappa shape index (κ2) is 5.56. The minimum atomic E-state index is -0.102. The molecule has 20 heavy (non-hydrogen) atoms. The Bertz CT molecular complexity index is 474. The van der Waals surface area contributed by atoms with E-state index in [1.807, 2.05) is 6.92 Å². The molecule has 1 atom stereocenters. The molecule has 0 bridgehead atoms. The molecule has 0 aromatic carbocycles. The van der Waals surface area contributed by atoms with Crippen LogP contribution in [0.3, 0.4) is 0 Å². The van der Waals surface area contributed by atoms with Crippen molar-refractivity contribution < 1.29 is 0 Å². The molecule has 5 nitrogen and oxygen atoms in total. The Hall–Kier alpha value is -1.36. The van der Waals surface area contributed by atoms with Gasteiger partial charge < -0.3 is 10.7 Å². The van der Waals surface area contributed by atoms with Crippen molar-refractivity contribution in [3.8, 4) is 0 Å². The number of anilines is 2. The van der Waals surface area contributed by atoms with Gasteiger partial charge >= 0.3 is 0 Å². The number of aromatic nitrogens is 2. The van der Waals surface area contributed by atoms with Crippen molar-refractivity contribution in [1.82, 2.24) is 9.97 Å². The molecule has 0 amide bonds. The summed E-state index contributed by atoms with van der Waals surface area (Å²) >= 11 is 0. The van der Waals surface area contributed by atoms with Crippen LogP contribution in [0.15, 0.2) is 0 Å². The molecule has 1 saturated carbocycles. The largest absolute Gasteiger partial charge is 0.367 e. The van der Waals surface area contributed by atoms with Crippen molar-refractivity contribution in [2.75, 3.05) is 10.7 Å². The molecular weight excluding hydrogens is 250 g/mol. The van der Waals surface area contributed by atoms with Crippen LogP contribution < -0.4 is 16.6 Å². The summed E-state index contributed by atoms with van der Waals surface area (Å²) in [6.45, 7) is 10.6. The van der Waals surface area contributed by atoms with Crippen LogP contribution in [0.2, 0.25) is 0 Å². The highest BCUT2D eigenvalue weighted by Gasteiger charge is 2.26. The van der Waals surface area contributed by atoms with E-state index < -0.39 is 0 Å². The van der Waals surface area contributed by atoms with Crippen molar-refractivity contribution >= 4 is 11.6 Å². The van der Waals surface area contributed by atoms with Crippen LogP contribution in [0, 0.1) is 12.8 Å². The molecule has 2 rings (SSSR count). The molecule has 1 fully saturated rings. The van der Waals surface area contributed by atoms with Crippen LogP contribution in [0.5, 0.6) is 0 Å². The van der Waals surface area contributed by atoms with Crippen LogP contribution in [0.4, 0.5) is 11.6 Å². The van der Waals surface area contributed by atoms with Crippen molar-refractivity contribution in [3.63, 3.8) is 0 Å². The quantitative estimate of drug-likeness (QED) is 0.582. The van der Waals surface area contributed by atoms with Gasteiger partial charge in [0.1, 0.15) is 17.5 Å². The lowest BCUT2D eigenvalue weighted by Crippen LogP contribution is -2.32. The van der Waals surface area contributed by atoms with Gasteiger partial charge in [0.15, 0.2) is 0 Å². The first-order valence-electron chi connectivity index (χ1n) is 7.45. The maximum atomic E-state index is 5.59. The van der Waals surface area contributed by atoms with Gasteiger partial charge in [0.2, 0.25) is 0 Å². The van der Waals surface area contributed by atoms with Crippen molar-refractivity contribution in [1.29, 1.82) is 0 Å². The molecule has 4 N–H and O–H groups in total. The standard InChI is InChI=1S/C15H27N5/c1-9-12(17-10(2)11-7-6-8-11)18-14(15(3,4)5)19-13(9)20-16/h10-11H,6-8,16H2,1-5H3,(H2,17,18,19,20). The van der Waals surface area contributed by atoms with Gasteiger partial charge in [0, 0.05) is 17.0 Å². The molecule has 1 aliphatic carbocycles. The first kappa shape index (κ1) is 15.0. The van der Waals surface area contributed by atoms with Crippen molar-refractivity contribution in [3.05, 3.63) is 11.4 Å². The Labute approximate surface area is 121 Å². The maximum Gasteiger partial charge on any atom is 0.148 e. The van der Waals surface area contributed by atoms with Crippen molar-refractivity contribution in [2.45, 2.75) is 65.3 Å². The number of nitrogens with zero attached hydrogens (tertiary/aromatic N) is 2. The number of rotatable bonds is 4. The Kier molecular flexibility index (Phi) is 4.18. The Morgan fingerprint density at radius 2 is 1.80 bits per heavy atom.